The topological polar surface area (TPSA) is 32.8 Å². The van der Waals surface area contributed by atoms with Crippen molar-refractivity contribution < 1.29 is 9.53 Å². The molecule has 1 aliphatic heterocycles. The van der Waals surface area contributed by atoms with Crippen molar-refractivity contribution in [2.24, 2.45) is 5.92 Å². The Morgan fingerprint density at radius 2 is 2.06 bits per heavy atom. The summed E-state index contributed by atoms with van der Waals surface area (Å²) in [6, 6.07) is 0. The molecule has 0 bridgehead atoms. The van der Waals surface area contributed by atoms with Gasteiger partial charge >= 0.3 is 5.97 Å². The van der Waals surface area contributed by atoms with E-state index in [1.54, 1.807) is 0 Å². The van der Waals surface area contributed by atoms with Crippen molar-refractivity contribution >= 4 is 5.97 Å². The number of rotatable bonds is 2. The maximum Gasteiger partial charge on any atom is 0.336 e. The highest BCUT2D eigenvalue weighted by Gasteiger charge is 2.51. The molecule has 1 aliphatic carbocycles. The van der Waals surface area contributed by atoms with Gasteiger partial charge in [-0.1, -0.05) is 13.0 Å². The van der Waals surface area contributed by atoms with Crippen LogP contribution in [0.4, 0.5) is 0 Å². The average Bonchev–Trinajstić information content (AvgIpc) is 2.59. The fourth-order valence-electron chi connectivity index (χ4n) is 3.30. The van der Waals surface area contributed by atoms with E-state index in [0.29, 0.717) is 12.5 Å². The summed E-state index contributed by atoms with van der Waals surface area (Å²) < 4.78 is 5.24. The van der Waals surface area contributed by atoms with Gasteiger partial charge in [-0.2, -0.15) is 0 Å². The van der Waals surface area contributed by atoms with Crippen LogP contribution in [0.15, 0.2) is 11.6 Å². The Balaban J connectivity index is 2.38. The van der Waals surface area contributed by atoms with Gasteiger partial charge in [0.05, 0.1) is 12.2 Å². The molecule has 1 saturated heterocycles. The fraction of sp³-hybridized carbons (Fsp3) is 0.786. The van der Waals surface area contributed by atoms with Crippen LogP contribution < -0.4 is 0 Å². The van der Waals surface area contributed by atoms with Crippen molar-refractivity contribution in [1.82, 2.24) is 9.80 Å². The van der Waals surface area contributed by atoms with Crippen molar-refractivity contribution in [3.63, 3.8) is 0 Å². The first-order valence-corrected chi connectivity index (χ1v) is 6.82. The lowest BCUT2D eigenvalue weighted by atomic mass is 9.80. The Kier molecular flexibility index (Phi) is 3.78. The van der Waals surface area contributed by atoms with Gasteiger partial charge in [-0.05, 0) is 39.8 Å². The van der Waals surface area contributed by atoms with Crippen LogP contribution in [-0.4, -0.2) is 55.2 Å². The van der Waals surface area contributed by atoms with Crippen LogP contribution in [0.1, 0.15) is 26.7 Å². The molecule has 0 N–H and O–H groups in total. The standard InChI is InChI=1S/C14H24N2O2/c1-5-18-13(17)12-7-6-11(2)10-14(12)15(3)8-9-16(14)4/h7,11H,5-6,8-10H2,1-4H3. The first-order chi connectivity index (χ1) is 8.52. The lowest BCUT2D eigenvalue weighted by molar-refractivity contribution is -0.141. The van der Waals surface area contributed by atoms with Crippen LogP contribution in [0.25, 0.3) is 0 Å². The molecule has 2 aliphatic rings. The molecule has 102 valence electrons. The molecule has 1 spiro atoms. The van der Waals surface area contributed by atoms with Gasteiger partial charge in [0.2, 0.25) is 0 Å². The largest absolute Gasteiger partial charge is 0.463 e. The van der Waals surface area contributed by atoms with Gasteiger partial charge in [0, 0.05) is 13.1 Å². The van der Waals surface area contributed by atoms with Crippen LogP contribution in [0.2, 0.25) is 0 Å². The SMILES string of the molecule is CCOC(=O)C1=CCC(C)CC12N(C)CCN2C. The molecule has 0 radical (unpaired) electrons. The van der Waals surface area contributed by atoms with Gasteiger partial charge in [0.25, 0.3) is 0 Å². The predicted octanol–water partition coefficient (Wildman–Crippen LogP) is 1.48. The van der Waals surface area contributed by atoms with E-state index >= 15 is 0 Å². The number of carbonyl (C=O) groups excluding carboxylic acids is 1. The van der Waals surface area contributed by atoms with Crippen LogP contribution in [0.3, 0.4) is 0 Å². The minimum atomic E-state index is -0.246. The first kappa shape index (κ1) is 13.6. The van der Waals surface area contributed by atoms with Crippen LogP contribution >= 0.6 is 0 Å². The molecule has 1 fully saturated rings. The summed E-state index contributed by atoms with van der Waals surface area (Å²) in [5, 5.41) is 0. The second-order valence-corrected chi connectivity index (χ2v) is 5.54. The molecular weight excluding hydrogens is 228 g/mol. The quantitative estimate of drug-likeness (QED) is 0.697. The molecule has 1 unspecified atom stereocenters. The maximum absolute atomic E-state index is 12.2. The summed E-state index contributed by atoms with van der Waals surface area (Å²) in [4.78, 5) is 16.8. The summed E-state index contributed by atoms with van der Waals surface area (Å²) >= 11 is 0. The molecule has 0 amide bonds. The Hall–Kier alpha value is -0.870. The zero-order chi connectivity index (χ0) is 13.3. The molecule has 0 aromatic heterocycles. The van der Waals surface area contributed by atoms with E-state index in [1.165, 1.54) is 0 Å². The number of hydrogen-bond acceptors (Lipinski definition) is 4. The van der Waals surface area contributed by atoms with Crippen molar-refractivity contribution in [2.45, 2.75) is 32.4 Å². The Morgan fingerprint density at radius 3 is 2.61 bits per heavy atom. The molecule has 0 saturated carbocycles. The zero-order valence-electron chi connectivity index (χ0n) is 11.9. The molecular formula is C14H24N2O2. The van der Waals surface area contributed by atoms with Crippen LogP contribution in [0.5, 0.6) is 0 Å². The van der Waals surface area contributed by atoms with Gasteiger partial charge in [0.1, 0.15) is 5.66 Å². The molecule has 0 aromatic rings. The third kappa shape index (κ3) is 1.97. The van der Waals surface area contributed by atoms with Gasteiger partial charge in [-0.3, -0.25) is 9.80 Å². The third-order valence-electron chi connectivity index (χ3n) is 4.32. The number of likely N-dealkylation sites (N-methyl/N-ethyl adjacent to an activating group) is 2. The monoisotopic (exact) mass is 252 g/mol. The number of nitrogens with zero attached hydrogens (tertiary/aromatic N) is 2. The van der Waals surface area contributed by atoms with E-state index in [2.05, 4.69) is 36.9 Å². The van der Waals surface area contributed by atoms with E-state index < -0.39 is 0 Å². The van der Waals surface area contributed by atoms with E-state index in [4.69, 9.17) is 4.74 Å². The second-order valence-electron chi connectivity index (χ2n) is 5.54. The highest BCUT2D eigenvalue weighted by Crippen LogP contribution is 2.42. The molecule has 4 nitrogen and oxygen atoms in total. The van der Waals surface area contributed by atoms with E-state index in [-0.39, 0.29) is 11.6 Å². The minimum Gasteiger partial charge on any atom is -0.463 e. The van der Waals surface area contributed by atoms with Crippen molar-refractivity contribution in [2.75, 3.05) is 33.8 Å². The highest BCUT2D eigenvalue weighted by molar-refractivity contribution is 5.91. The van der Waals surface area contributed by atoms with Gasteiger partial charge in [-0.15, -0.1) is 0 Å². The summed E-state index contributed by atoms with van der Waals surface area (Å²) in [6.07, 6.45) is 4.06. The summed E-state index contributed by atoms with van der Waals surface area (Å²) in [5.41, 5.74) is 0.592. The predicted molar refractivity (Wildman–Crippen MR) is 71.1 cm³/mol. The van der Waals surface area contributed by atoms with Gasteiger partial charge in [-0.25, -0.2) is 4.79 Å². The van der Waals surface area contributed by atoms with Crippen LogP contribution in [0, 0.1) is 5.92 Å². The Labute approximate surface area is 110 Å². The maximum atomic E-state index is 12.2. The number of allylic oxidation sites excluding steroid dienone is 1. The van der Waals surface area contributed by atoms with Crippen molar-refractivity contribution in [3.8, 4) is 0 Å². The number of carbonyl (C=O) groups is 1. The molecule has 2 rings (SSSR count). The van der Waals surface area contributed by atoms with E-state index in [0.717, 1.165) is 31.5 Å². The molecule has 0 aromatic carbocycles. The third-order valence-corrected chi connectivity index (χ3v) is 4.32. The average molecular weight is 252 g/mol. The lowest BCUT2D eigenvalue weighted by Gasteiger charge is -2.45. The number of hydrogen-bond donors (Lipinski definition) is 0. The summed E-state index contributed by atoms with van der Waals surface area (Å²) in [5.74, 6) is 0.455. The molecule has 1 heterocycles. The number of ether oxygens (including phenoxy) is 1. The molecule has 1 atom stereocenters. The van der Waals surface area contributed by atoms with Crippen molar-refractivity contribution in [1.29, 1.82) is 0 Å². The Morgan fingerprint density at radius 1 is 1.44 bits per heavy atom. The van der Waals surface area contributed by atoms with E-state index in [9.17, 15) is 4.79 Å². The smallest absolute Gasteiger partial charge is 0.336 e. The van der Waals surface area contributed by atoms with Crippen molar-refractivity contribution in [3.05, 3.63) is 11.6 Å². The van der Waals surface area contributed by atoms with E-state index in [1.807, 2.05) is 6.92 Å². The summed E-state index contributed by atoms with van der Waals surface area (Å²) in [7, 11) is 4.21. The second kappa shape index (κ2) is 5.02. The highest BCUT2D eigenvalue weighted by atomic mass is 16.5. The lowest BCUT2D eigenvalue weighted by Crippen LogP contribution is -2.56. The Bertz CT molecular complexity index is 355. The van der Waals surface area contributed by atoms with Crippen LogP contribution in [-0.2, 0) is 9.53 Å². The van der Waals surface area contributed by atoms with Gasteiger partial charge in [0.15, 0.2) is 0 Å². The van der Waals surface area contributed by atoms with Gasteiger partial charge < -0.3 is 4.74 Å². The number of esters is 1. The minimum absolute atomic E-state index is 0.148. The zero-order valence-corrected chi connectivity index (χ0v) is 11.9. The summed E-state index contributed by atoms with van der Waals surface area (Å²) in [6.45, 7) is 6.55. The first-order valence-electron chi connectivity index (χ1n) is 6.82. The fourth-order valence-corrected chi connectivity index (χ4v) is 3.30. The normalized spacial score (nSPS) is 28.4. The molecule has 18 heavy (non-hydrogen) atoms. The molecule has 4 heteroatoms.